The van der Waals surface area contributed by atoms with Gasteiger partial charge < -0.3 is 14.6 Å². The lowest BCUT2D eigenvalue weighted by Crippen LogP contribution is -2.39. The molecule has 0 spiro atoms. The summed E-state index contributed by atoms with van der Waals surface area (Å²) >= 11 is 5.81. The van der Waals surface area contributed by atoms with Crippen LogP contribution < -0.4 is 10.9 Å². The Bertz CT molecular complexity index is 457. The van der Waals surface area contributed by atoms with Crippen molar-refractivity contribution in [2.75, 3.05) is 44.7 Å². The van der Waals surface area contributed by atoms with Crippen LogP contribution >= 0.6 is 11.6 Å². The third kappa shape index (κ3) is 3.44. The number of hydrogen-bond donors (Lipinski definition) is 1. The molecule has 0 radical (unpaired) electrons. The van der Waals surface area contributed by atoms with Gasteiger partial charge in [-0.25, -0.2) is 4.98 Å². The second-order valence-corrected chi connectivity index (χ2v) is 4.60. The predicted molar refractivity (Wildman–Crippen MR) is 70.2 cm³/mol. The minimum absolute atomic E-state index is 0.165. The largest absolute Gasteiger partial charge is 0.379 e. The average molecular weight is 273 g/mol. The van der Waals surface area contributed by atoms with Crippen molar-refractivity contribution in [3.05, 3.63) is 21.7 Å². The van der Waals surface area contributed by atoms with Crippen LogP contribution in [0.4, 0.5) is 5.82 Å². The zero-order valence-electron chi connectivity index (χ0n) is 10.4. The van der Waals surface area contributed by atoms with Crippen molar-refractivity contribution in [1.29, 1.82) is 0 Å². The molecule has 2 rings (SSSR count). The molecule has 7 heteroatoms. The number of rotatable bonds is 4. The third-order valence-corrected chi connectivity index (χ3v) is 3.05. The summed E-state index contributed by atoms with van der Waals surface area (Å²) in [6, 6.07) is 0. The highest BCUT2D eigenvalue weighted by Gasteiger charge is 2.10. The average Bonchev–Trinajstić information content (AvgIpc) is 2.36. The van der Waals surface area contributed by atoms with Crippen molar-refractivity contribution >= 4 is 17.4 Å². The lowest BCUT2D eigenvalue weighted by Gasteiger charge is -2.26. The maximum Gasteiger partial charge on any atom is 0.293 e. The summed E-state index contributed by atoms with van der Waals surface area (Å²) in [6.07, 6.45) is 1.50. The summed E-state index contributed by atoms with van der Waals surface area (Å²) in [6.45, 7) is 4.95. The summed E-state index contributed by atoms with van der Waals surface area (Å²) in [5.41, 5.74) is -0.165. The van der Waals surface area contributed by atoms with Crippen molar-refractivity contribution < 1.29 is 4.74 Å². The van der Waals surface area contributed by atoms with E-state index in [4.69, 9.17) is 16.3 Å². The van der Waals surface area contributed by atoms with E-state index in [1.807, 2.05) is 0 Å². The van der Waals surface area contributed by atoms with Gasteiger partial charge >= 0.3 is 0 Å². The quantitative estimate of drug-likeness (QED) is 0.847. The van der Waals surface area contributed by atoms with Gasteiger partial charge in [0.1, 0.15) is 5.15 Å². The Morgan fingerprint density at radius 2 is 2.22 bits per heavy atom. The fraction of sp³-hybridized carbons (Fsp3) is 0.636. The molecule has 0 bridgehead atoms. The number of nitrogens with zero attached hydrogens (tertiary/aromatic N) is 3. The number of aryl methyl sites for hydroxylation is 1. The number of morpholine rings is 1. The van der Waals surface area contributed by atoms with Crippen LogP contribution in [0.1, 0.15) is 0 Å². The van der Waals surface area contributed by atoms with E-state index >= 15 is 0 Å². The van der Waals surface area contributed by atoms with Crippen LogP contribution in [0.2, 0.25) is 5.15 Å². The van der Waals surface area contributed by atoms with Gasteiger partial charge in [-0.15, -0.1) is 0 Å². The molecule has 1 aliphatic heterocycles. The Hall–Kier alpha value is -1.11. The summed E-state index contributed by atoms with van der Waals surface area (Å²) in [5, 5.41) is 3.34. The molecular formula is C11H17ClN4O2. The van der Waals surface area contributed by atoms with Gasteiger partial charge in [0.2, 0.25) is 0 Å². The van der Waals surface area contributed by atoms with Crippen molar-refractivity contribution in [3.8, 4) is 0 Å². The number of aromatic nitrogens is 2. The number of hydrogen-bond acceptors (Lipinski definition) is 5. The van der Waals surface area contributed by atoms with E-state index in [2.05, 4.69) is 15.2 Å². The van der Waals surface area contributed by atoms with Crippen LogP contribution in [-0.4, -0.2) is 53.8 Å². The minimum Gasteiger partial charge on any atom is -0.379 e. The predicted octanol–water partition coefficient (Wildman–Crippen LogP) is 0.178. The maximum absolute atomic E-state index is 11.7. The van der Waals surface area contributed by atoms with Crippen LogP contribution in [-0.2, 0) is 11.8 Å². The molecule has 1 aliphatic rings. The van der Waals surface area contributed by atoms with Crippen LogP contribution in [0.15, 0.2) is 11.0 Å². The first-order valence-electron chi connectivity index (χ1n) is 5.94. The van der Waals surface area contributed by atoms with E-state index in [-0.39, 0.29) is 5.56 Å². The van der Waals surface area contributed by atoms with Crippen molar-refractivity contribution in [2.24, 2.45) is 7.05 Å². The number of anilines is 1. The molecule has 1 aromatic heterocycles. The summed E-state index contributed by atoms with van der Waals surface area (Å²) in [5.74, 6) is 0.304. The fourth-order valence-electron chi connectivity index (χ4n) is 1.84. The highest BCUT2D eigenvalue weighted by Crippen LogP contribution is 2.04. The molecule has 18 heavy (non-hydrogen) atoms. The molecule has 6 nitrogen and oxygen atoms in total. The van der Waals surface area contributed by atoms with Gasteiger partial charge in [0.15, 0.2) is 5.82 Å². The fourth-order valence-corrected chi connectivity index (χ4v) is 2.07. The maximum atomic E-state index is 11.7. The van der Waals surface area contributed by atoms with E-state index in [1.54, 1.807) is 7.05 Å². The molecule has 0 saturated carbocycles. The normalized spacial score (nSPS) is 16.8. The summed E-state index contributed by atoms with van der Waals surface area (Å²) in [4.78, 5) is 18.0. The van der Waals surface area contributed by atoms with Crippen molar-refractivity contribution in [2.45, 2.75) is 0 Å². The van der Waals surface area contributed by atoms with Crippen LogP contribution in [0, 0.1) is 0 Å². The van der Waals surface area contributed by atoms with Crippen LogP contribution in [0.5, 0.6) is 0 Å². The molecule has 1 saturated heterocycles. The third-order valence-electron chi connectivity index (χ3n) is 2.87. The van der Waals surface area contributed by atoms with Crippen molar-refractivity contribution in [3.63, 3.8) is 0 Å². The molecule has 0 amide bonds. The van der Waals surface area contributed by atoms with Gasteiger partial charge in [0.25, 0.3) is 5.56 Å². The smallest absolute Gasteiger partial charge is 0.293 e. The first-order valence-corrected chi connectivity index (χ1v) is 6.32. The number of halogens is 1. The molecule has 0 aromatic carbocycles. The number of ether oxygens (including phenoxy) is 1. The Morgan fingerprint density at radius 1 is 1.50 bits per heavy atom. The van der Waals surface area contributed by atoms with Gasteiger partial charge in [0, 0.05) is 39.4 Å². The molecule has 0 atom stereocenters. The van der Waals surface area contributed by atoms with E-state index in [9.17, 15) is 4.79 Å². The van der Waals surface area contributed by atoms with Gasteiger partial charge in [-0.3, -0.25) is 9.69 Å². The van der Waals surface area contributed by atoms with E-state index in [0.29, 0.717) is 17.5 Å². The lowest BCUT2D eigenvalue weighted by atomic mass is 10.4. The lowest BCUT2D eigenvalue weighted by molar-refractivity contribution is 0.0398. The zero-order valence-corrected chi connectivity index (χ0v) is 11.1. The van der Waals surface area contributed by atoms with Crippen molar-refractivity contribution in [1.82, 2.24) is 14.5 Å². The molecule has 1 fully saturated rings. The van der Waals surface area contributed by atoms with E-state index in [0.717, 1.165) is 32.8 Å². The molecule has 100 valence electrons. The minimum atomic E-state index is -0.165. The molecular weight excluding hydrogens is 256 g/mol. The molecule has 0 aliphatic carbocycles. The summed E-state index contributed by atoms with van der Waals surface area (Å²) < 4.78 is 6.69. The second kappa shape index (κ2) is 6.17. The summed E-state index contributed by atoms with van der Waals surface area (Å²) in [7, 11) is 1.66. The first-order chi connectivity index (χ1) is 8.66. The number of nitrogens with one attached hydrogen (secondary N) is 1. The Balaban J connectivity index is 1.88. The zero-order chi connectivity index (χ0) is 13.0. The highest BCUT2D eigenvalue weighted by molar-refractivity contribution is 6.29. The molecule has 0 unspecified atom stereocenters. The molecule has 1 N–H and O–H groups in total. The topological polar surface area (TPSA) is 59.4 Å². The van der Waals surface area contributed by atoms with Gasteiger partial charge in [-0.2, -0.15) is 0 Å². The Kier molecular flexibility index (Phi) is 4.57. The molecule has 2 heterocycles. The Morgan fingerprint density at radius 3 is 2.94 bits per heavy atom. The van der Waals surface area contributed by atoms with Crippen LogP contribution in [0.3, 0.4) is 0 Å². The monoisotopic (exact) mass is 272 g/mol. The highest BCUT2D eigenvalue weighted by atomic mass is 35.5. The van der Waals surface area contributed by atoms with Gasteiger partial charge in [0.05, 0.1) is 13.2 Å². The SMILES string of the molecule is Cn1cc(Cl)nc(NCCN2CCOCC2)c1=O. The Labute approximate surface area is 111 Å². The first kappa shape index (κ1) is 13.3. The molecule has 1 aromatic rings. The van der Waals surface area contributed by atoms with Crippen LogP contribution in [0.25, 0.3) is 0 Å². The standard InChI is InChI=1S/C11H17ClN4O2/c1-15-8-9(12)14-10(11(15)17)13-2-3-16-4-6-18-7-5-16/h8H,2-7H2,1H3,(H,13,14). The van der Waals surface area contributed by atoms with Gasteiger partial charge in [-0.1, -0.05) is 11.6 Å². The van der Waals surface area contributed by atoms with E-state index < -0.39 is 0 Å². The second-order valence-electron chi connectivity index (χ2n) is 4.21. The van der Waals surface area contributed by atoms with Gasteiger partial charge in [-0.05, 0) is 0 Å². The van der Waals surface area contributed by atoms with E-state index in [1.165, 1.54) is 10.8 Å².